The summed E-state index contributed by atoms with van der Waals surface area (Å²) in [6, 6.07) is 0.133. The van der Waals surface area contributed by atoms with Crippen LogP contribution in [0.4, 0.5) is 0 Å². The van der Waals surface area contributed by atoms with Crippen molar-refractivity contribution in [2.75, 3.05) is 20.1 Å². The number of likely N-dealkylation sites (N-methyl/N-ethyl adjacent to an activating group) is 1. The summed E-state index contributed by atoms with van der Waals surface area (Å²) in [6.07, 6.45) is 8.47. The lowest BCUT2D eigenvalue weighted by atomic mass is 9.96. The fourth-order valence-electron chi connectivity index (χ4n) is 2.78. The van der Waals surface area contributed by atoms with Crippen LogP contribution in [0.25, 0.3) is 0 Å². The van der Waals surface area contributed by atoms with Gasteiger partial charge < -0.3 is 5.32 Å². The number of rotatable bonds is 7. The molecule has 1 aromatic heterocycles. The van der Waals surface area contributed by atoms with Gasteiger partial charge in [-0.15, -0.1) is 0 Å². The summed E-state index contributed by atoms with van der Waals surface area (Å²) >= 11 is 0. The molecule has 0 saturated heterocycles. The van der Waals surface area contributed by atoms with Gasteiger partial charge in [-0.2, -0.15) is 9.40 Å². The zero-order chi connectivity index (χ0) is 15.3. The summed E-state index contributed by atoms with van der Waals surface area (Å²) in [4.78, 5) is 0.298. The van der Waals surface area contributed by atoms with Gasteiger partial charge in [0, 0.05) is 25.8 Å². The lowest BCUT2D eigenvalue weighted by molar-refractivity contribution is 0.286. The van der Waals surface area contributed by atoms with E-state index < -0.39 is 10.0 Å². The molecule has 1 saturated carbocycles. The molecule has 21 heavy (non-hydrogen) atoms. The maximum Gasteiger partial charge on any atom is 0.246 e. The fraction of sp³-hybridized carbons (Fsp3) is 0.786. The first-order chi connectivity index (χ1) is 10.1. The minimum atomic E-state index is -3.42. The molecule has 1 N–H and O–H groups in total. The average molecular weight is 314 g/mol. The Bertz CT molecular complexity index is 535. The first kappa shape index (κ1) is 16.5. The molecule has 0 unspecified atom stereocenters. The standard InChI is InChI=1S/C14H26N4O2S/c1-3-15-9-10-18-12-14(11-16-18)21(19,20)17(2)13-7-5-4-6-8-13/h11-13,15H,3-10H2,1-2H3. The van der Waals surface area contributed by atoms with E-state index in [0.29, 0.717) is 11.4 Å². The summed E-state index contributed by atoms with van der Waals surface area (Å²) < 4.78 is 28.5. The molecule has 2 rings (SSSR count). The average Bonchev–Trinajstić information content (AvgIpc) is 2.97. The van der Waals surface area contributed by atoms with Crippen LogP contribution in [0, 0.1) is 0 Å². The summed E-state index contributed by atoms with van der Waals surface area (Å²) in [7, 11) is -1.72. The second-order valence-corrected chi connectivity index (χ2v) is 7.60. The van der Waals surface area contributed by atoms with Crippen LogP contribution in [-0.4, -0.2) is 48.7 Å². The van der Waals surface area contributed by atoms with Crippen molar-refractivity contribution in [3.63, 3.8) is 0 Å². The first-order valence-corrected chi connectivity index (χ1v) is 9.21. The van der Waals surface area contributed by atoms with E-state index in [1.54, 1.807) is 17.9 Å². The van der Waals surface area contributed by atoms with Crippen molar-refractivity contribution in [2.45, 2.75) is 56.5 Å². The predicted molar refractivity (Wildman–Crippen MR) is 82.6 cm³/mol. The Balaban J connectivity index is 2.04. The molecule has 0 aliphatic heterocycles. The molecule has 1 aliphatic carbocycles. The highest BCUT2D eigenvalue weighted by atomic mass is 32.2. The molecule has 0 atom stereocenters. The Morgan fingerprint density at radius 2 is 2.10 bits per heavy atom. The maximum atomic E-state index is 12.6. The molecular formula is C14H26N4O2S. The molecule has 1 aromatic rings. The number of hydrogen-bond acceptors (Lipinski definition) is 4. The van der Waals surface area contributed by atoms with Gasteiger partial charge in [-0.1, -0.05) is 26.2 Å². The van der Waals surface area contributed by atoms with E-state index in [9.17, 15) is 8.42 Å². The zero-order valence-corrected chi connectivity index (χ0v) is 13.8. The van der Waals surface area contributed by atoms with Crippen LogP contribution < -0.4 is 5.32 Å². The Kier molecular flexibility index (Phi) is 5.78. The molecule has 1 heterocycles. The molecule has 0 bridgehead atoms. The molecule has 0 radical (unpaired) electrons. The van der Waals surface area contributed by atoms with Gasteiger partial charge in [0.1, 0.15) is 4.90 Å². The summed E-state index contributed by atoms with van der Waals surface area (Å²) in [5.74, 6) is 0. The van der Waals surface area contributed by atoms with Gasteiger partial charge in [0.25, 0.3) is 0 Å². The van der Waals surface area contributed by atoms with Crippen molar-refractivity contribution in [2.24, 2.45) is 0 Å². The Morgan fingerprint density at radius 3 is 2.76 bits per heavy atom. The van der Waals surface area contributed by atoms with E-state index in [-0.39, 0.29) is 6.04 Å². The van der Waals surface area contributed by atoms with E-state index in [1.807, 2.05) is 6.92 Å². The number of hydrogen-bond donors (Lipinski definition) is 1. The van der Waals surface area contributed by atoms with Crippen LogP contribution in [-0.2, 0) is 16.6 Å². The molecule has 0 aromatic carbocycles. The predicted octanol–water partition coefficient (Wildman–Crippen LogP) is 1.45. The highest BCUT2D eigenvalue weighted by Gasteiger charge is 2.29. The van der Waals surface area contributed by atoms with Crippen molar-refractivity contribution >= 4 is 10.0 Å². The monoisotopic (exact) mass is 314 g/mol. The van der Waals surface area contributed by atoms with E-state index in [2.05, 4.69) is 10.4 Å². The van der Waals surface area contributed by atoms with Gasteiger partial charge in [0.15, 0.2) is 0 Å². The topological polar surface area (TPSA) is 67.2 Å². The minimum Gasteiger partial charge on any atom is -0.315 e. The van der Waals surface area contributed by atoms with Crippen molar-refractivity contribution < 1.29 is 8.42 Å². The van der Waals surface area contributed by atoms with E-state index >= 15 is 0 Å². The zero-order valence-electron chi connectivity index (χ0n) is 13.0. The van der Waals surface area contributed by atoms with E-state index in [0.717, 1.165) is 38.8 Å². The van der Waals surface area contributed by atoms with Gasteiger partial charge in [0.05, 0.1) is 12.7 Å². The van der Waals surface area contributed by atoms with Crippen molar-refractivity contribution in [1.29, 1.82) is 0 Å². The van der Waals surface area contributed by atoms with Gasteiger partial charge in [-0.25, -0.2) is 8.42 Å². The third kappa shape index (κ3) is 4.05. The van der Waals surface area contributed by atoms with Gasteiger partial charge in [-0.05, 0) is 19.4 Å². The highest BCUT2D eigenvalue weighted by Crippen LogP contribution is 2.26. The molecule has 1 aliphatic rings. The normalized spacial score (nSPS) is 17.5. The quantitative estimate of drug-likeness (QED) is 0.774. The molecule has 120 valence electrons. The number of nitrogens with zero attached hydrogens (tertiary/aromatic N) is 3. The molecule has 7 heteroatoms. The van der Waals surface area contributed by atoms with Crippen LogP contribution >= 0.6 is 0 Å². The number of sulfonamides is 1. The highest BCUT2D eigenvalue weighted by molar-refractivity contribution is 7.89. The van der Waals surface area contributed by atoms with E-state index in [4.69, 9.17) is 0 Å². The lowest BCUT2D eigenvalue weighted by Crippen LogP contribution is -2.38. The molecule has 0 spiro atoms. The second kappa shape index (κ2) is 7.38. The molecule has 6 nitrogen and oxygen atoms in total. The third-order valence-corrected chi connectivity index (χ3v) is 6.01. The SMILES string of the molecule is CCNCCn1cc(S(=O)(=O)N(C)C2CCCCC2)cn1. The largest absolute Gasteiger partial charge is 0.315 e. The van der Waals surface area contributed by atoms with Crippen molar-refractivity contribution in [3.8, 4) is 0 Å². The van der Waals surface area contributed by atoms with Crippen molar-refractivity contribution in [3.05, 3.63) is 12.4 Å². The third-order valence-electron chi connectivity index (χ3n) is 4.14. The Morgan fingerprint density at radius 1 is 1.38 bits per heavy atom. The molecular weight excluding hydrogens is 288 g/mol. The van der Waals surface area contributed by atoms with Crippen LogP contribution in [0.3, 0.4) is 0 Å². The van der Waals surface area contributed by atoms with Gasteiger partial charge in [-0.3, -0.25) is 4.68 Å². The van der Waals surface area contributed by atoms with Gasteiger partial charge in [0.2, 0.25) is 10.0 Å². The first-order valence-electron chi connectivity index (χ1n) is 7.77. The minimum absolute atomic E-state index is 0.133. The maximum absolute atomic E-state index is 12.6. The Labute approximate surface area is 127 Å². The van der Waals surface area contributed by atoms with Crippen LogP contribution in [0.5, 0.6) is 0 Å². The Hall–Kier alpha value is -0.920. The number of nitrogens with one attached hydrogen (secondary N) is 1. The second-order valence-electron chi connectivity index (χ2n) is 5.61. The smallest absolute Gasteiger partial charge is 0.246 e. The van der Waals surface area contributed by atoms with Gasteiger partial charge >= 0.3 is 0 Å². The van der Waals surface area contributed by atoms with Crippen LogP contribution in [0.1, 0.15) is 39.0 Å². The summed E-state index contributed by atoms with van der Waals surface area (Å²) in [6.45, 7) is 4.40. The summed E-state index contributed by atoms with van der Waals surface area (Å²) in [5.41, 5.74) is 0. The molecule has 0 amide bonds. The number of aromatic nitrogens is 2. The lowest BCUT2D eigenvalue weighted by Gasteiger charge is -2.29. The van der Waals surface area contributed by atoms with Crippen LogP contribution in [0.15, 0.2) is 17.3 Å². The molecule has 1 fully saturated rings. The van der Waals surface area contributed by atoms with Crippen molar-refractivity contribution in [1.82, 2.24) is 19.4 Å². The van der Waals surface area contributed by atoms with Crippen LogP contribution in [0.2, 0.25) is 0 Å². The summed E-state index contributed by atoms with van der Waals surface area (Å²) in [5, 5.41) is 7.35. The fourth-order valence-corrected chi connectivity index (χ4v) is 4.15. The van der Waals surface area contributed by atoms with E-state index in [1.165, 1.54) is 16.9 Å².